The molecule has 0 aromatic rings. The maximum atomic E-state index is 3.53. The molecule has 1 N–H and O–H groups in total. The molecule has 2 heteroatoms. The van der Waals surface area contributed by atoms with Crippen LogP contribution in [0.3, 0.4) is 0 Å². The largest absolute Gasteiger partial charge is 0.316 e. The van der Waals surface area contributed by atoms with Crippen molar-refractivity contribution < 1.29 is 0 Å². The molecule has 1 heterocycles. The SMILES string of the molecule is CCCCN(CCCC)CC[C@@H]1CCCNC1. The highest BCUT2D eigenvalue weighted by Gasteiger charge is 2.14. The Balaban J connectivity index is 2.16. The first-order chi connectivity index (χ1) is 8.36. The summed E-state index contributed by atoms with van der Waals surface area (Å²) < 4.78 is 0. The van der Waals surface area contributed by atoms with Crippen LogP contribution in [0.5, 0.6) is 0 Å². The molecule has 0 aromatic carbocycles. The van der Waals surface area contributed by atoms with E-state index >= 15 is 0 Å². The number of rotatable bonds is 9. The van der Waals surface area contributed by atoms with E-state index in [-0.39, 0.29) is 0 Å². The Labute approximate surface area is 108 Å². The summed E-state index contributed by atoms with van der Waals surface area (Å²) in [5.74, 6) is 0.939. The average Bonchev–Trinajstić information content (AvgIpc) is 2.39. The maximum Gasteiger partial charge on any atom is -0.00156 e. The molecule has 1 aliphatic rings. The molecule has 0 spiro atoms. The fraction of sp³-hybridized carbons (Fsp3) is 1.00. The van der Waals surface area contributed by atoms with Gasteiger partial charge in [0, 0.05) is 0 Å². The predicted molar refractivity (Wildman–Crippen MR) is 76.5 cm³/mol. The molecule has 0 bridgehead atoms. The molecule has 1 saturated heterocycles. The summed E-state index contributed by atoms with van der Waals surface area (Å²) in [7, 11) is 0. The Bertz CT molecular complexity index is 156. The highest BCUT2D eigenvalue weighted by atomic mass is 15.1. The standard InChI is InChI=1S/C15H32N2/c1-3-5-11-17(12-6-4-2)13-9-15-8-7-10-16-14-15/h15-16H,3-14H2,1-2H3/t15-/m0/s1. The van der Waals surface area contributed by atoms with Gasteiger partial charge in [-0.1, -0.05) is 26.7 Å². The molecule has 102 valence electrons. The van der Waals surface area contributed by atoms with Gasteiger partial charge in [-0.05, 0) is 70.7 Å². The second-order valence-electron chi connectivity index (χ2n) is 5.55. The van der Waals surface area contributed by atoms with Crippen molar-refractivity contribution in [2.45, 2.75) is 58.8 Å². The molecule has 0 aromatic heterocycles. The maximum absolute atomic E-state index is 3.53. The summed E-state index contributed by atoms with van der Waals surface area (Å²) in [4.78, 5) is 2.70. The van der Waals surface area contributed by atoms with E-state index in [4.69, 9.17) is 0 Å². The van der Waals surface area contributed by atoms with Crippen molar-refractivity contribution in [2.24, 2.45) is 5.92 Å². The Morgan fingerprint density at radius 1 is 1.06 bits per heavy atom. The number of unbranched alkanes of at least 4 members (excludes halogenated alkanes) is 2. The summed E-state index contributed by atoms with van der Waals surface area (Å²) in [6, 6.07) is 0. The van der Waals surface area contributed by atoms with Crippen molar-refractivity contribution in [1.82, 2.24) is 10.2 Å². The van der Waals surface area contributed by atoms with Crippen molar-refractivity contribution >= 4 is 0 Å². The van der Waals surface area contributed by atoms with Gasteiger partial charge in [-0.15, -0.1) is 0 Å². The quantitative estimate of drug-likeness (QED) is 0.665. The second kappa shape index (κ2) is 9.90. The van der Waals surface area contributed by atoms with Crippen LogP contribution in [0.4, 0.5) is 0 Å². The van der Waals surface area contributed by atoms with Crippen LogP contribution in [0.15, 0.2) is 0 Å². The molecule has 1 atom stereocenters. The minimum atomic E-state index is 0.939. The van der Waals surface area contributed by atoms with E-state index < -0.39 is 0 Å². The number of nitrogens with zero attached hydrogens (tertiary/aromatic N) is 1. The molecule has 0 radical (unpaired) electrons. The van der Waals surface area contributed by atoms with Crippen molar-refractivity contribution in [2.75, 3.05) is 32.7 Å². The first-order valence-corrected chi connectivity index (χ1v) is 7.79. The first kappa shape index (κ1) is 15.0. The summed E-state index contributed by atoms with van der Waals surface area (Å²) in [6.45, 7) is 11.0. The summed E-state index contributed by atoms with van der Waals surface area (Å²) in [5, 5.41) is 3.53. The topological polar surface area (TPSA) is 15.3 Å². The van der Waals surface area contributed by atoms with E-state index in [1.165, 1.54) is 77.7 Å². The zero-order chi connectivity index (χ0) is 12.3. The van der Waals surface area contributed by atoms with Crippen LogP contribution < -0.4 is 5.32 Å². The van der Waals surface area contributed by atoms with Gasteiger partial charge in [0.25, 0.3) is 0 Å². The molecular weight excluding hydrogens is 208 g/mol. The number of hydrogen-bond donors (Lipinski definition) is 1. The molecule has 0 amide bonds. The number of hydrogen-bond acceptors (Lipinski definition) is 2. The molecule has 17 heavy (non-hydrogen) atoms. The molecule has 0 unspecified atom stereocenters. The fourth-order valence-corrected chi connectivity index (χ4v) is 2.63. The molecule has 0 aliphatic carbocycles. The number of piperidine rings is 1. The molecule has 1 fully saturated rings. The van der Waals surface area contributed by atoms with Crippen LogP contribution in [0, 0.1) is 5.92 Å². The third-order valence-electron chi connectivity index (χ3n) is 3.91. The van der Waals surface area contributed by atoms with Crippen molar-refractivity contribution in [3.63, 3.8) is 0 Å². The lowest BCUT2D eigenvalue weighted by Gasteiger charge is -2.27. The first-order valence-electron chi connectivity index (χ1n) is 7.79. The Hall–Kier alpha value is -0.0800. The van der Waals surface area contributed by atoms with Gasteiger partial charge in [-0.25, -0.2) is 0 Å². The van der Waals surface area contributed by atoms with Gasteiger partial charge < -0.3 is 10.2 Å². The molecule has 1 rings (SSSR count). The highest BCUT2D eigenvalue weighted by Crippen LogP contribution is 2.15. The van der Waals surface area contributed by atoms with Crippen molar-refractivity contribution in [3.05, 3.63) is 0 Å². The monoisotopic (exact) mass is 240 g/mol. The van der Waals surface area contributed by atoms with Gasteiger partial charge >= 0.3 is 0 Å². The smallest absolute Gasteiger partial charge is 0.00156 e. The Morgan fingerprint density at radius 3 is 2.29 bits per heavy atom. The van der Waals surface area contributed by atoms with E-state index in [0.717, 1.165) is 5.92 Å². The average molecular weight is 240 g/mol. The Morgan fingerprint density at radius 2 is 1.76 bits per heavy atom. The van der Waals surface area contributed by atoms with E-state index in [1.807, 2.05) is 0 Å². The lowest BCUT2D eigenvalue weighted by molar-refractivity contribution is 0.231. The van der Waals surface area contributed by atoms with E-state index in [0.29, 0.717) is 0 Å². The zero-order valence-corrected chi connectivity index (χ0v) is 12.0. The molecular formula is C15H32N2. The zero-order valence-electron chi connectivity index (χ0n) is 12.0. The van der Waals surface area contributed by atoms with Crippen LogP contribution in [0.1, 0.15) is 58.8 Å². The van der Waals surface area contributed by atoms with Crippen LogP contribution >= 0.6 is 0 Å². The van der Waals surface area contributed by atoms with Gasteiger partial charge in [0.2, 0.25) is 0 Å². The molecule has 1 aliphatic heterocycles. The summed E-state index contributed by atoms with van der Waals surface area (Å²) in [5.41, 5.74) is 0. The third kappa shape index (κ3) is 7.05. The van der Waals surface area contributed by atoms with E-state index in [2.05, 4.69) is 24.1 Å². The Kier molecular flexibility index (Phi) is 8.72. The number of nitrogens with one attached hydrogen (secondary N) is 1. The summed E-state index contributed by atoms with van der Waals surface area (Å²) in [6.07, 6.45) is 9.62. The van der Waals surface area contributed by atoms with Crippen LogP contribution in [-0.4, -0.2) is 37.6 Å². The van der Waals surface area contributed by atoms with Crippen molar-refractivity contribution in [3.8, 4) is 0 Å². The second-order valence-corrected chi connectivity index (χ2v) is 5.55. The minimum absolute atomic E-state index is 0.939. The van der Waals surface area contributed by atoms with Gasteiger partial charge in [-0.3, -0.25) is 0 Å². The van der Waals surface area contributed by atoms with Crippen LogP contribution in [0.25, 0.3) is 0 Å². The summed E-state index contributed by atoms with van der Waals surface area (Å²) >= 11 is 0. The predicted octanol–water partition coefficient (Wildman–Crippen LogP) is 3.28. The van der Waals surface area contributed by atoms with E-state index in [1.54, 1.807) is 0 Å². The minimum Gasteiger partial charge on any atom is -0.316 e. The van der Waals surface area contributed by atoms with Crippen LogP contribution in [-0.2, 0) is 0 Å². The molecule has 2 nitrogen and oxygen atoms in total. The van der Waals surface area contributed by atoms with Gasteiger partial charge in [-0.2, -0.15) is 0 Å². The van der Waals surface area contributed by atoms with Gasteiger partial charge in [0.05, 0.1) is 0 Å². The van der Waals surface area contributed by atoms with Crippen LogP contribution in [0.2, 0.25) is 0 Å². The van der Waals surface area contributed by atoms with E-state index in [9.17, 15) is 0 Å². The highest BCUT2D eigenvalue weighted by molar-refractivity contribution is 4.71. The lowest BCUT2D eigenvalue weighted by Crippen LogP contribution is -2.34. The third-order valence-corrected chi connectivity index (χ3v) is 3.91. The van der Waals surface area contributed by atoms with Gasteiger partial charge in [0.15, 0.2) is 0 Å². The van der Waals surface area contributed by atoms with Gasteiger partial charge in [0.1, 0.15) is 0 Å². The van der Waals surface area contributed by atoms with Crippen molar-refractivity contribution in [1.29, 1.82) is 0 Å². The fourth-order valence-electron chi connectivity index (χ4n) is 2.63. The molecule has 0 saturated carbocycles. The lowest BCUT2D eigenvalue weighted by atomic mass is 9.96. The normalized spacial score (nSPS) is 21.0.